The van der Waals surface area contributed by atoms with E-state index in [4.69, 9.17) is 0 Å². The quantitative estimate of drug-likeness (QED) is 0.788. The molecule has 1 aliphatic heterocycles. The van der Waals surface area contributed by atoms with Crippen molar-refractivity contribution in [1.29, 1.82) is 0 Å². The van der Waals surface area contributed by atoms with Gasteiger partial charge in [-0.3, -0.25) is 4.79 Å². The Bertz CT molecular complexity index is 891. The Hall–Kier alpha value is -1.83. The molecular formula is C19H22N2O3S2. The summed E-state index contributed by atoms with van der Waals surface area (Å²) >= 11 is 1.58. The second-order valence-corrected chi connectivity index (χ2v) is 8.93. The Labute approximate surface area is 158 Å². The van der Waals surface area contributed by atoms with Crippen molar-refractivity contribution in [3.63, 3.8) is 0 Å². The molecule has 2 aromatic rings. The minimum absolute atomic E-state index is 0.0698. The number of hydrogen-bond donors (Lipinski definition) is 1. The number of sulfonamides is 1. The molecule has 0 radical (unpaired) electrons. The predicted molar refractivity (Wildman–Crippen MR) is 105 cm³/mol. The molecular weight excluding hydrogens is 368 g/mol. The molecule has 1 amide bonds. The van der Waals surface area contributed by atoms with Crippen molar-refractivity contribution >= 4 is 33.4 Å². The smallest absolute Gasteiger partial charge is 0.257 e. The summed E-state index contributed by atoms with van der Waals surface area (Å²) in [5.74, 6) is -0.417. The number of nitrogens with zero attached hydrogens (tertiary/aromatic N) is 1. The summed E-state index contributed by atoms with van der Waals surface area (Å²) < 4.78 is 27.5. The Kier molecular flexibility index (Phi) is 6.01. The minimum atomic E-state index is -3.67. The third-order valence-corrected chi connectivity index (χ3v) is 7.07. The summed E-state index contributed by atoms with van der Waals surface area (Å²) in [6.45, 7) is 1.02. The molecule has 1 saturated heterocycles. The van der Waals surface area contributed by atoms with Gasteiger partial charge in [-0.05, 0) is 49.4 Å². The summed E-state index contributed by atoms with van der Waals surface area (Å²) in [5.41, 5.74) is 0.819. The lowest BCUT2D eigenvalue weighted by molar-refractivity contribution is 0.102. The molecule has 0 saturated carbocycles. The van der Waals surface area contributed by atoms with Gasteiger partial charge in [0, 0.05) is 23.7 Å². The highest BCUT2D eigenvalue weighted by Crippen LogP contribution is 2.25. The molecule has 0 atom stereocenters. The number of hydrogen-bond acceptors (Lipinski definition) is 4. The summed E-state index contributed by atoms with van der Waals surface area (Å²) in [6, 6.07) is 13.9. The maximum Gasteiger partial charge on any atom is 0.257 e. The largest absolute Gasteiger partial charge is 0.322 e. The molecule has 0 aromatic heterocycles. The van der Waals surface area contributed by atoms with Crippen LogP contribution in [-0.2, 0) is 10.0 Å². The van der Waals surface area contributed by atoms with Crippen LogP contribution >= 0.6 is 11.8 Å². The highest BCUT2D eigenvalue weighted by Gasteiger charge is 2.29. The molecule has 1 aliphatic rings. The van der Waals surface area contributed by atoms with Crippen molar-refractivity contribution in [2.45, 2.75) is 29.1 Å². The molecule has 7 heteroatoms. The van der Waals surface area contributed by atoms with Crippen LogP contribution in [0.4, 0.5) is 5.69 Å². The number of rotatable bonds is 5. The van der Waals surface area contributed by atoms with Crippen LogP contribution in [0.5, 0.6) is 0 Å². The van der Waals surface area contributed by atoms with Gasteiger partial charge in [-0.2, -0.15) is 4.31 Å². The van der Waals surface area contributed by atoms with Gasteiger partial charge in [0.2, 0.25) is 10.0 Å². The zero-order chi connectivity index (χ0) is 18.6. The van der Waals surface area contributed by atoms with Crippen LogP contribution in [0.1, 0.15) is 29.6 Å². The highest BCUT2D eigenvalue weighted by molar-refractivity contribution is 7.98. The van der Waals surface area contributed by atoms with Crippen molar-refractivity contribution in [3.8, 4) is 0 Å². The number of piperidine rings is 1. The minimum Gasteiger partial charge on any atom is -0.322 e. The van der Waals surface area contributed by atoms with Crippen LogP contribution in [0.3, 0.4) is 0 Å². The van der Waals surface area contributed by atoms with Gasteiger partial charge in [-0.25, -0.2) is 8.42 Å². The van der Waals surface area contributed by atoms with E-state index in [0.29, 0.717) is 18.8 Å². The van der Waals surface area contributed by atoms with Gasteiger partial charge in [0.15, 0.2) is 0 Å². The number of carbonyl (C=O) groups is 1. The molecule has 0 bridgehead atoms. The summed E-state index contributed by atoms with van der Waals surface area (Å²) in [4.78, 5) is 13.9. The molecule has 138 valence electrons. The molecule has 0 spiro atoms. The fourth-order valence-corrected chi connectivity index (χ4v) is 5.19. The third kappa shape index (κ3) is 4.11. The monoisotopic (exact) mass is 390 g/mol. The van der Waals surface area contributed by atoms with Crippen molar-refractivity contribution in [3.05, 3.63) is 54.1 Å². The molecule has 1 N–H and O–H groups in total. The molecule has 1 heterocycles. The van der Waals surface area contributed by atoms with Crippen molar-refractivity contribution in [1.82, 2.24) is 4.31 Å². The van der Waals surface area contributed by atoms with Gasteiger partial charge in [-0.1, -0.05) is 24.6 Å². The lowest BCUT2D eigenvalue weighted by Crippen LogP contribution is -2.36. The number of carbonyl (C=O) groups excluding carboxylic acids is 1. The van der Waals surface area contributed by atoms with Crippen LogP contribution in [0, 0.1) is 0 Å². The fourth-order valence-electron chi connectivity index (χ4n) is 3.02. The number of nitrogens with one attached hydrogen (secondary N) is 1. The molecule has 0 aliphatic carbocycles. The molecule has 26 heavy (non-hydrogen) atoms. The molecule has 0 unspecified atom stereocenters. The van der Waals surface area contributed by atoms with Crippen LogP contribution in [0.2, 0.25) is 0 Å². The second kappa shape index (κ2) is 8.24. The molecule has 5 nitrogen and oxygen atoms in total. The van der Waals surface area contributed by atoms with Gasteiger partial charge < -0.3 is 5.32 Å². The Morgan fingerprint density at radius 3 is 2.50 bits per heavy atom. The SMILES string of the molecule is CSc1cccc(NC(=O)c2ccccc2S(=O)(=O)N2CCCCC2)c1. The van der Waals surface area contributed by atoms with Crippen LogP contribution in [-0.4, -0.2) is 38.0 Å². The number of benzene rings is 2. The standard InChI is InChI=1S/C19H22N2O3S2/c1-25-16-9-7-8-15(14-16)20-19(22)17-10-3-4-11-18(17)26(23,24)21-12-5-2-6-13-21/h3-4,7-11,14H,2,5-6,12-13H2,1H3,(H,20,22). The molecule has 2 aromatic carbocycles. The Morgan fingerprint density at radius 2 is 1.77 bits per heavy atom. The number of anilines is 1. The van der Waals surface area contributed by atoms with Crippen LogP contribution in [0.15, 0.2) is 58.3 Å². The first-order chi connectivity index (χ1) is 12.5. The van der Waals surface area contributed by atoms with Gasteiger partial charge in [0.05, 0.1) is 10.5 Å². The van der Waals surface area contributed by atoms with E-state index in [2.05, 4.69) is 5.32 Å². The van der Waals surface area contributed by atoms with E-state index < -0.39 is 15.9 Å². The van der Waals surface area contributed by atoms with E-state index in [9.17, 15) is 13.2 Å². The van der Waals surface area contributed by atoms with E-state index in [-0.39, 0.29) is 10.5 Å². The Morgan fingerprint density at radius 1 is 1.04 bits per heavy atom. The van der Waals surface area contributed by atoms with Crippen molar-refractivity contribution in [2.75, 3.05) is 24.7 Å². The van der Waals surface area contributed by atoms with E-state index in [1.165, 1.54) is 10.4 Å². The Balaban J connectivity index is 1.89. The summed E-state index contributed by atoms with van der Waals surface area (Å²) in [6.07, 6.45) is 4.71. The first kappa shape index (κ1) is 18.9. The van der Waals surface area contributed by atoms with Gasteiger partial charge in [-0.15, -0.1) is 11.8 Å². The molecule has 3 rings (SSSR count). The van der Waals surface area contributed by atoms with Gasteiger partial charge in [0.1, 0.15) is 0 Å². The zero-order valence-corrected chi connectivity index (χ0v) is 16.3. The zero-order valence-electron chi connectivity index (χ0n) is 14.6. The maximum absolute atomic E-state index is 13.0. The summed E-state index contributed by atoms with van der Waals surface area (Å²) in [7, 11) is -3.67. The third-order valence-electron chi connectivity index (χ3n) is 4.39. The first-order valence-electron chi connectivity index (χ1n) is 8.57. The van der Waals surface area contributed by atoms with E-state index >= 15 is 0 Å². The predicted octanol–water partition coefficient (Wildman–Crippen LogP) is 3.84. The topological polar surface area (TPSA) is 66.5 Å². The van der Waals surface area contributed by atoms with Gasteiger partial charge in [0.25, 0.3) is 5.91 Å². The van der Waals surface area contributed by atoms with Crippen LogP contribution < -0.4 is 5.32 Å². The van der Waals surface area contributed by atoms with E-state index in [1.807, 2.05) is 24.5 Å². The lowest BCUT2D eigenvalue weighted by atomic mass is 10.2. The van der Waals surface area contributed by atoms with E-state index in [1.54, 1.807) is 36.0 Å². The average molecular weight is 391 g/mol. The normalized spacial score (nSPS) is 15.6. The first-order valence-corrected chi connectivity index (χ1v) is 11.2. The maximum atomic E-state index is 13.0. The summed E-state index contributed by atoms with van der Waals surface area (Å²) in [5, 5.41) is 2.81. The number of thioether (sulfide) groups is 1. The van der Waals surface area contributed by atoms with E-state index in [0.717, 1.165) is 24.2 Å². The fraction of sp³-hybridized carbons (Fsp3) is 0.316. The highest BCUT2D eigenvalue weighted by atomic mass is 32.2. The lowest BCUT2D eigenvalue weighted by Gasteiger charge is -2.26. The van der Waals surface area contributed by atoms with Crippen molar-refractivity contribution in [2.24, 2.45) is 0 Å². The molecule has 1 fully saturated rings. The van der Waals surface area contributed by atoms with Crippen LogP contribution in [0.25, 0.3) is 0 Å². The average Bonchev–Trinajstić information content (AvgIpc) is 2.68. The van der Waals surface area contributed by atoms with Gasteiger partial charge >= 0.3 is 0 Å². The van der Waals surface area contributed by atoms with Crippen molar-refractivity contribution < 1.29 is 13.2 Å². The second-order valence-electron chi connectivity index (χ2n) is 6.15. The number of amides is 1.